The van der Waals surface area contributed by atoms with Crippen LogP contribution >= 0.6 is 0 Å². The second-order valence-corrected chi connectivity index (χ2v) is 6.14. The molecule has 0 aromatic heterocycles. The molecule has 0 atom stereocenters. The molecule has 18 heavy (non-hydrogen) atoms. The lowest BCUT2D eigenvalue weighted by molar-refractivity contribution is 0.462. The van der Waals surface area contributed by atoms with Crippen LogP contribution in [0.25, 0.3) is 10.8 Å². The maximum Gasteiger partial charge on any atom is 0.125 e. The summed E-state index contributed by atoms with van der Waals surface area (Å²) < 4.78 is 34.5. The first-order valence-electron chi connectivity index (χ1n) is 5.86. The Hall–Kier alpha value is -1.39. The van der Waals surface area contributed by atoms with E-state index in [1.807, 2.05) is 32.0 Å². The van der Waals surface area contributed by atoms with Crippen LogP contribution in [-0.4, -0.2) is 13.0 Å². The number of benzene rings is 2. The van der Waals surface area contributed by atoms with Gasteiger partial charge in [0.1, 0.15) is 10.1 Å². The van der Waals surface area contributed by atoms with Crippen LogP contribution in [0.3, 0.4) is 0 Å². The summed E-state index contributed by atoms with van der Waals surface area (Å²) in [6.45, 7) is 3.99. The van der Waals surface area contributed by atoms with E-state index in [0.29, 0.717) is 23.3 Å². The molecule has 2 aromatic carbocycles. The minimum Gasteiger partial charge on any atom is -0.744 e. The molecule has 0 fully saturated rings. The van der Waals surface area contributed by atoms with Gasteiger partial charge in [-0.3, -0.25) is 0 Å². The molecule has 0 bridgehead atoms. The van der Waals surface area contributed by atoms with Crippen molar-refractivity contribution in [2.75, 3.05) is 0 Å². The van der Waals surface area contributed by atoms with Gasteiger partial charge in [0.15, 0.2) is 0 Å². The molecular weight excluding hydrogens is 248 g/mol. The molecule has 0 N–H and O–H groups in total. The summed E-state index contributed by atoms with van der Waals surface area (Å²) in [6.07, 6.45) is 0.585. The van der Waals surface area contributed by atoms with Crippen molar-refractivity contribution in [3.63, 3.8) is 0 Å². The van der Waals surface area contributed by atoms with Crippen LogP contribution in [0, 0.1) is 5.92 Å². The standard InChI is InChI=1S/C14H16O3S/c1-10(2)9-12-8-7-11-5-3-4-6-13(11)14(12)18(15,16)17/h3-8,10H,9H2,1-2H3,(H,15,16,17)/p-1. The summed E-state index contributed by atoms with van der Waals surface area (Å²) >= 11 is 0. The smallest absolute Gasteiger partial charge is 0.125 e. The molecule has 0 spiro atoms. The highest BCUT2D eigenvalue weighted by atomic mass is 32.2. The molecule has 0 amide bonds. The zero-order valence-electron chi connectivity index (χ0n) is 10.4. The molecule has 3 nitrogen and oxygen atoms in total. The van der Waals surface area contributed by atoms with Crippen molar-refractivity contribution in [1.82, 2.24) is 0 Å². The first-order chi connectivity index (χ1) is 8.39. The van der Waals surface area contributed by atoms with Crippen molar-refractivity contribution in [2.24, 2.45) is 5.92 Å². The van der Waals surface area contributed by atoms with Crippen LogP contribution in [0.15, 0.2) is 41.3 Å². The lowest BCUT2D eigenvalue weighted by Crippen LogP contribution is -2.07. The van der Waals surface area contributed by atoms with Gasteiger partial charge in [0.25, 0.3) is 0 Å². The summed E-state index contributed by atoms with van der Waals surface area (Å²) in [7, 11) is -4.46. The van der Waals surface area contributed by atoms with Gasteiger partial charge in [-0.05, 0) is 28.7 Å². The van der Waals surface area contributed by atoms with Gasteiger partial charge in [0, 0.05) is 0 Å². The number of hydrogen-bond acceptors (Lipinski definition) is 3. The monoisotopic (exact) mass is 263 g/mol. The van der Waals surface area contributed by atoms with Crippen LogP contribution in [-0.2, 0) is 16.5 Å². The average Bonchev–Trinajstić information content (AvgIpc) is 2.26. The Morgan fingerprint density at radius 2 is 1.78 bits per heavy atom. The van der Waals surface area contributed by atoms with Crippen molar-refractivity contribution in [3.8, 4) is 0 Å². The summed E-state index contributed by atoms with van der Waals surface area (Å²) in [5.41, 5.74) is 0.610. The van der Waals surface area contributed by atoms with E-state index in [1.165, 1.54) is 0 Å². The largest absolute Gasteiger partial charge is 0.744 e. The minimum absolute atomic E-state index is 0.0608. The van der Waals surface area contributed by atoms with E-state index in [9.17, 15) is 13.0 Å². The highest BCUT2D eigenvalue weighted by Gasteiger charge is 2.14. The van der Waals surface area contributed by atoms with Crippen LogP contribution in [0.5, 0.6) is 0 Å². The Balaban J connectivity index is 2.80. The van der Waals surface area contributed by atoms with E-state index in [4.69, 9.17) is 0 Å². The third-order valence-corrected chi connectivity index (χ3v) is 3.82. The normalized spacial score (nSPS) is 12.2. The molecular formula is C14H15O3S-. The molecule has 2 aromatic rings. The van der Waals surface area contributed by atoms with E-state index in [-0.39, 0.29) is 4.90 Å². The lowest BCUT2D eigenvalue weighted by Gasteiger charge is -2.17. The maximum absolute atomic E-state index is 11.5. The molecule has 0 saturated heterocycles. The minimum atomic E-state index is -4.46. The fourth-order valence-electron chi connectivity index (χ4n) is 2.18. The van der Waals surface area contributed by atoms with Crippen molar-refractivity contribution in [2.45, 2.75) is 25.2 Å². The number of fused-ring (bicyclic) bond motifs is 1. The highest BCUT2D eigenvalue weighted by molar-refractivity contribution is 7.86. The van der Waals surface area contributed by atoms with E-state index in [1.54, 1.807) is 18.2 Å². The Morgan fingerprint density at radius 3 is 2.39 bits per heavy atom. The van der Waals surface area contributed by atoms with Gasteiger partial charge < -0.3 is 4.55 Å². The van der Waals surface area contributed by atoms with Gasteiger partial charge in [-0.15, -0.1) is 0 Å². The van der Waals surface area contributed by atoms with E-state index >= 15 is 0 Å². The first kappa shape index (κ1) is 13.1. The molecule has 0 aliphatic carbocycles. The summed E-state index contributed by atoms with van der Waals surface area (Å²) in [5.74, 6) is 0.298. The number of hydrogen-bond donors (Lipinski definition) is 0. The molecule has 0 unspecified atom stereocenters. The van der Waals surface area contributed by atoms with Crippen molar-refractivity contribution >= 4 is 20.9 Å². The zero-order chi connectivity index (χ0) is 13.3. The van der Waals surface area contributed by atoms with E-state index < -0.39 is 10.1 Å². The zero-order valence-corrected chi connectivity index (χ0v) is 11.2. The van der Waals surface area contributed by atoms with Gasteiger partial charge in [-0.1, -0.05) is 50.2 Å². The molecule has 2 rings (SSSR count). The fraction of sp³-hybridized carbons (Fsp3) is 0.286. The van der Waals surface area contributed by atoms with Crippen molar-refractivity contribution in [3.05, 3.63) is 42.0 Å². The predicted molar refractivity (Wildman–Crippen MR) is 70.5 cm³/mol. The predicted octanol–water partition coefficient (Wildman–Crippen LogP) is 2.94. The van der Waals surface area contributed by atoms with Crippen molar-refractivity contribution < 1.29 is 13.0 Å². The molecule has 0 radical (unpaired) electrons. The first-order valence-corrected chi connectivity index (χ1v) is 7.27. The van der Waals surface area contributed by atoms with Gasteiger partial charge >= 0.3 is 0 Å². The van der Waals surface area contributed by atoms with Crippen LogP contribution in [0.4, 0.5) is 0 Å². The highest BCUT2D eigenvalue weighted by Crippen LogP contribution is 2.28. The van der Waals surface area contributed by atoms with Crippen molar-refractivity contribution in [1.29, 1.82) is 0 Å². The fourth-order valence-corrected chi connectivity index (χ4v) is 3.11. The van der Waals surface area contributed by atoms with E-state index in [2.05, 4.69) is 0 Å². The molecule has 0 aliphatic rings. The Labute approximate surface area is 107 Å². The second kappa shape index (κ2) is 4.71. The van der Waals surface area contributed by atoms with Crippen LogP contribution in [0.1, 0.15) is 19.4 Å². The number of rotatable bonds is 3. The average molecular weight is 263 g/mol. The third-order valence-electron chi connectivity index (χ3n) is 2.84. The molecule has 96 valence electrons. The van der Waals surface area contributed by atoms with Crippen LogP contribution in [0.2, 0.25) is 0 Å². The summed E-state index contributed by atoms with van der Waals surface area (Å²) in [5, 5.41) is 1.30. The molecule has 4 heteroatoms. The van der Waals surface area contributed by atoms with Gasteiger partial charge in [-0.2, -0.15) is 0 Å². The summed E-state index contributed by atoms with van der Waals surface area (Å²) in [4.78, 5) is -0.0608. The second-order valence-electron chi connectivity index (χ2n) is 4.83. The van der Waals surface area contributed by atoms with Gasteiger partial charge in [0.05, 0.1) is 4.90 Å². The lowest BCUT2D eigenvalue weighted by atomic mass is 9.99. The SMILES string of the molecule is CC(C)Cc1ccc2ccccc2c1S(=O)(=O)[O-]. The van der Waals surface area contributed by atoms with Crippen LogP contribution < -0.4 is 0 Å². The maximum atomic E-state index is 11.5. The molecule has 0 saturated carbocycles. The quantitative estimate of drug-likeness (QED) is 0.800. The Bertz CT molecular complexity index is 672. The molecule has 0 aliphatic heterocycles. The Kier molecular flexibility index (Phi) is 3.41. The van der Waals surface area contributed by atoms with Gasteiger partial charge in [-0.25, -0.2) is 8.42 Å². The Morgan fingerprint density at radius 1 is 1.11 bits per heavy atom. The topological polar surface area (TPSA) is 57.2 Å². The molecule has 0 heterocycles. The third kappa shape index (κ3) is 2.54. The van der Waals surface area contributed by atoms with Gasteiger partial charge in [0.2, 0.25) is 0 Å². The van der Waals surface area contributed by atoms with E-state index in [0.717, 1.165) is 5.39 Å². The summed E-state index contributed by atoms with van der Waals surface area (Å²) in [6, 6.07) is 10.7.